The summed E-state index contributed by atoms with van der Waals surface area (Å²) in [6.45, 7) is 0.707. The zero-order chi connectivity index (χ0) is 30.3. The second-order valence-electron chi connectivity index (χ2n) is 11.6. The Morgan fingerprint density at radius 2 is 1.41 bits per heavy atom. The van der Waals surface area contributed by atoms with E-state index in [0.717, 1.165) is 24.0 Å². The maximum atomic E-state index is 13.6. The zero-order valence-electron chi connectivity index (χ0n) is 24.7. The van der Waals surface area contributed by atoms with Crippen molar-refractivity contribution in [2.45, 2.75) is 56.8 Å². The molecular weight excluding hydrogens is 560 g/mol. The smallest absolute Gasteiger partial charge is 0.338 e. The van der Waals surface area contributed by atoms with Crippen LogP contribution in [0.2, 0.25) is 0 Å². The van der Waals surface area contributed by atoms with Gasteiger partial charge in [0.2, 0.25) is 0 Å². The third kappa shape index (κ3) is 7.11. The topological polar surface area (TPSA) is 89.5 Å². The molecule has 8 nitrogen and oxygen atoms in total. The number of esters is 2. The number of carbonyl (C=O) groups excluding carboxylic acids is 2. The monoisotopic (exact) mass is 598 g/mol. The van der Waals surface area contributed by atoms with Gasteiger partial charge in [0.05, 0.1) is 31.3 Å². The van der Waals surface area contributed by atoms with Crippen molar-refractivity contribution in [3.05, 3.63) is 120 Å². The SMILES string of the molecule is CO[C@H]1O[C@H](COCc2ccccc2)[C@@H](OCc2ccccc2)[C@H](OC(=O)c2ccccc2)[C@@H]1OC(=O)[C@@H]1C[C@@H]2C=C[C@H]1C2. The number of benzene rings is 3. The van der Waals surface area contributed by atoms with Crippen LogP contribution >= 0.6 is 0 Å². The van der Waals surface area contributed by atoms with Gasteiger partial charge in [-0.05, 0) is 47.9 Å². The Labute approximate surface area is 257 Å². The van der Waals surface area contributed by atoms with Gasteiger partial charge in [-0.1, -0.05) is 91.0 Å². The third-order valence-corrected chi connectivity index (χ3v) is 8.59. The van der Waals surface area contributed by atoms with E-state index in [0.29, 0.717) is 18.1 Å². The summed E-state index contributed by atoms with van der Waals surface area (Å²) in [5.74, 6) is -0.637. The molecule has 0 spiro atoms. The van der Waals surface area contributed by atoms with Gasteiger partial charge in [0, 0.05) is 7.11 Å². The Kier molecular flexibility index (Phi) is 9.83. The van der Waals surface area contributed by atoms with E-state index < -0.39 is 36.7 Å². The number of rotatable bonds is 12. The van der Waals surface area contributed by atoms with Gasteiger partial charge in [-0.2, -0.15) is 0 Å². The molecule has 8 atom stereocenters. The molecule has 230 valence electrons. The first kappa shape index (κ1) is 30.2. The Morgan fingerprint density at radius 1 is 0.750 bits per heavy atom. The summed E-state index contributed by atoms with van der Waals surface area (Å²) >= 11 is 0. The molecular formula is C36H38O8. The first-order valence-electron chi connectivity index (χ1n) is 15.2. The van der Waals surface area contributed by atoms with Gasteiger partial charge in [0.1, 0.15) is 12.2 Å². The zero-order valence-corrected chi connectivity index (χ0v) is 24.7. The van der Waals surface area contributed by atoms with Crippen LogP contribution in [0, 0.1) is 17.8 Å². The van der Waals surface area contributed by atoms with Crippen LogP contribution in [0.25, 0.3) is 0 Å². The number of hydrogen-bond acceptors (Lipinski definition) is 8. The summed E-state index contributed by atoms with van der Waals surface area (Å²) in [5, 5.41) is 0. The van der Waals surface area contributed by atoms with Crippen molar-refractivity contribution in [2.75, 3.05) is 13.7 Å². The van der Waals surface area contributed by atoms with Crippen molar-refractivity contribution >= 4 is 11.9 Å². The molecule has 3 aliphatic rings. The van der Waals surface area contributed by atoms with Gasteiger partial charge >= 0.3 is 11.9 Å². The molecule has 0 radical (unpaired) electrons. The minimum atomic E-state index is -1.06. The second kappa shape index (κ2) is 14.3. The Hall–Kier alpha value is -3.82. The fourth-order valence-corrected chi connectivity index (χ4v) is 6.34. The van der Waals surface area contributed by atoms with Gasteiger partial charge in [-0.25, -0.2) is 4.79 Å². The van der Waals surface area contributed by atoms with E-state index in [9.17, 15) is 9.59 Å². The molecule has 8 heteroatoms. The summed E-state index contributed by atoms with van der Waals surface area (Å²) in [5.41, 5.74) is 2.31. The highest BCUT2D eigenvalue weighted by atomic mass is 16.7. The average Bonchev–Trinajstić information content (AvgIpc) is 3.71. The summed E-state index contributed by atoms with van der Waals surface area (Å²) < 4.78 is 37.0. The fourth-order valence-electron chi connectivity index (χ4n) is 6.34. The minimum Gasteiger partial charge on any atom is -0.453 e. The average molecular weight is 599 g/mol. The highest BCUT2D eigenvalue weighted by Gasteiger charge is 2.53. The predicted octanol–water partition coefficient (Wildman–Crippen LogP) is 5.51. The number of carbonyl (C=O) groups is 2. The highest BCUT2D eigenvalue weighted by molar-refractivity contribution is 5.89. The van der Waals surface area contributed by atoms with Crippen LogP contribution in [-0.4, -0.2) is 56.4 Å². The van der Waals surface area contributed by atoms with Crippen LogP contribution in [-0.2, 0) is 46.4 Å². The minimum absolute atomic E-state index is 0.130. The van der Waals surface area contributed by atoms with Crippen molar-refractivity contribution < 1.29 is 38.0 Å². The van der Waals surface area contributed by atoms with Gasteiger partial charge in [0.15, 0.2) is 18.5 Å². The summed E-state index contributed by atoms with van der Waals surface area (Å²) in [4.78, 5) is 27.1. The van der Waals surface area contributed by atoms with E-state index in [1.54, 1.807) is 24.3 Å². The van der Waals surface area contributed by atoms with E-state index in [4.69, 9.17) is 28.4 Å². The normalized spacial score (nSPS) is 28.9. The standard InChI is InChI=1S/C36H38O8/c1-39-36-33(44-35(38)29-20-26-17-18-28(29)19-26)32(43-34(37)27-15-9-4-10-16-27)31(41-22-25-13-7-3-8-14-25)30(42-36)23-40-21-24-11-5-2-6-12-24/h2-18,26,28-33,36H,19-23H2,1H3/t26-,28+,29-,30-,31-,32+,33+,36+/m1/s1. The van der Waals surface area contributed by atoms with Crippen LogP contribution in [0.15, 0.2) is 103 Å². The van der Waals surface area contributed by atoms with Crippen LogP contribution in [0.1, 0.15) is 34.3 Å². The number of allylic oxidation sites excluding steroid dienone is 2. The molecule has 0 N–H and O–H groups in total. The largest absolute Gasteiger partial charge is 0.453 e. The molecule has 3 aromatic carbocycles. The van der Waals surface area contributed by atoms with E-state index in [2.05, 4.69) is 12.2 Å². The van der Waals surface area contributed by atoms with Gasteiger partial charge in [0.25, 0.3) is 0 Å². The van der Waals surface area contributed by atoms with E-state index >= 15 is 0 Å². The summed E-state index contributed by atoms with van der Waals surface area (Å²) in [7, 11) is 1.48. The summed E-state index contributed by atoms with van der Waals surface area (Å²) in [6, 6.07) is 28.2. The third-order valence-electron chi connectivity index (χ3n) is 8.59. The molecule has 2 bridgehead atoms. The van der Waals surface area contributed by atoms with Crippen molar-refractivity contribution in [3.8, 4) is 0 Å². The molecule has 0 unspecified atom stereocenters. The number of fused-ring (bicyclic) bond motifs is 2. The van der Waals surface area contributed by atoms with Crippen LogP contribution in [0.3, 0.4) is 0 Å². The van der Waals surface area contributed by atoms with E-state index in [1.165, 1.54) is 7.11 Å². The lowest BCUT2D eigenvalue weighted by Crippen LogP contribution is -2.62. The van der Waals surface area contributed by atoms with Crippen LogP contribution in [0.5, 0.6) is 0 Å². The number of ether oxygens (including phenoxy) is 6. The van der Waals surface area contributed by atoms with Crippen LogP contribution in [0.4, 0.5) is 0 Å². The van der Waals surface area contributed by atoms with Crippen molar-refractivity contribution in [1.82, 2.24) is 0 Å². The lowest BCUT2D eigenvalue weighted by atomic mass is 9.93. The van der Waals surface area contributed by atoms with Gasteiger partial charge < -0.3 is 28.4 Å². The molecule has 44 heavy (non-hydrogen) atoms. The molecule has 1 heterocycles. The highest BCUT2D eigenvalue weighted by Crippen LogP contribution is 2.44. The first-order chi connectivity index (χ1) is 21.6. The molecule has 2 fully saturated rings. The molecule has 1 aliphatic heterocycles. The molecule has 0 amide bonds. The maximum absolute atomic E-state index is 13.6. The van der Waals surface area contributed by atoms with Crippen molar-refractivity contribution in [1.29, 1.82) is 0 Å². The fraction of sp³-hybridized carbons (Fsp3) is 0.389. The Balaban J connectivity index is 1.28. The molecule has 1 saturated carbocycles. The van der Waals surface area contributed by atoms with E-state index in [-0.39, 0.29) is 31.0 Å². The van der Waals surface area contributed by atoms with Gasteiger partial charge in [-0.3, -0.25) is 4.79 Å². The van der Waals surface area contributed by atoms with Crippen molar-refractivity contribution in [2.24, 2.45) is 17.8 Å². The second-order valence-corrected chi connectivity index (χ2v) is 11.6. The predicted molar refractivity (Wildman–Crippen MR) is 161 cm³/mol. The quantitative estimate of drug-likeness (QED) is 0.199. The summed E-state index contributed by atoms with van der Waals surface area (Å²) in [6.07, 6.45) is 1.34. The lowest BCUT2D eigenvalue weighted by Gasteiger charge is -2.45. The van der Waals surface area contributed by atoms with Crippen LogP contribution < -0.4 is 0 Å². The number of methoxy groups -OCH3 is 1. The lowest BCUT2D eigenvalue weighted by molar-refractivity contribution is -0.308. The Morgan fingerprint density at radius 3 is 2.02 bits per heavy atom. The maximum Gasteiger partial charge on any atom is 0.338 e. The number of hydrogen-bond donors (Lipinski definition) is 0. The Bertz CT molecular complexity index is 1400. The molecule has 2 aliphatic carbocycles. The first-order valence-corrected chi connectivity index (χ1v) is 15.2. The van der Waals surface area contributed by atoms with Crippen molar-refractivity contribution in [3.63, 3.8) is 0 Å². The molecule has 3 aromatic rings. The van der Waals surface area contributed by atoms with Gasteiger partial charge in [-0.15, -0.1) is 0 Å². The van der Waals surface area contributed by atoms with E-state index in [1.807, 2.05) is 66.7 Å². The molecule has 0 aromatic heterocycles. The molecule has 1 saturated heterocycles. The molecule has 6 rings (SSSR count).